The summed E-state index contributed by atoms with van der Waals surface area (Å²) in [4.78, 5) is 14.2. The standard InChI is InChI=1S/C21H33N3O3/c1-5-6-7-8-9-13-22-20(25)27-16-10-11-18-17(15-16)21(2)12-14-24(4,26)19(21)23(18)3/h10-11,15,19H,5-9,12-14H2,1-4H3,(H,22,25)/t19-,21-,24?/m0/s1. The summed E-state index contributed by atoms with van der Waals surface area (Å²) < 4.78 is 5.24. The maximum atomic E-state index is 12.9. The molecule has 3 rings (SSSR count). The summed E-state index contributed by atoms with van der Waals surface area (Å²) in [6.45, 7) is 5.59. The average molecular weight is 376 g/mol. The summed E-state index contributed by atoms with van der Waals surface area (Å²) >= 11 is 0. The zero-order chi connectivity index (χ0) is 19.7. The zero-order valence-corrected chi connectivity index (χ0v) is 17.1. The van der Waals surface area contributed by atoms with E-state index in [0.717, 1.165) is 30.5 Å². The molecule has 2 aliphatic rings. The summed E-state index contributed by atoms with van der Waals surface area (Å²) in [5.41, 5.74) is 1.96. The number of rotatable bonds is 7. The van der Waals surface area contributed by atoms with Gasteiger partial charge in [-0.25, -0.2) is 4.79 Å². The molecule has 6 heteroatoms. The molecule has 1 saturated heterocycles. The van der Waals surface area contributed by atoms with Gasteiger partial charge in [-0.15, -0.1) is 0 Å². The molecular formula is C21H33N3O3. The monoisotopic (exact) mass is 375 g/mol. The van der Waals surface area contributed by atoms with Crippen molar-refractivity contribution >= 4 is 11.8 Å². The van der Waals surface area contributed by atoms with Crippen LogP contribution in [0.2, 0.25) is 0 Å². The van der Waals surface area contributed by atoms with E-state index in [1.807, 2.05) is 25.2 Å². The van der Waals surface area contributed by atoms with Gasteiger partial charge in [0.15, 0.2) is 6.17 Å². The van der Waals surface area contributed by atoms with Crippen LogP contribution >= 0.6 is 0 Å². The van der Waals surface area contributed by atoms with Gasteiger partial charge in [0, 0.05) is 25.7 Å². The summed E-state index contributed by atoms with van der Waals surface area (Å²) in [7, 11) is 3.74. The van der Waals surface area contributed by atoms with Gasteiger partial charge in [0.05, 0.1) is 19.0 Å². The number of quaternary nitrogens is 1. The lowest BCUT2D eigenvalue weighted by molar-refractivity contribution is -0.874. The van der Waals surface area contributed by atoms with Crippen molar-refractivity contribution in [2.75, 3.05) is 32.1 Å². The number of hydroxylamine groups is 3. The minimum Gasteiger partial charge on any atom is -0.631 e. The number of amides is 1. The molecule has 0 aromatic heterocycles. The first-order chi connectivity index (χ1) is 12.8. The minimum atomic E-state index is -0.408. The summed E-state index contributed by atoms with van der Waals surface area (Å²) in [6, 6.07) is 5.72. The maximum Gasteiger partial charge on any atom is 0.412 e. The van der Waals surface area contributed by atoms with E-state index in [9.17, 15) is 10.0 Å². The first-order valence-corrected chi connectivity index (χ1v) is 10.2. The third kappa shape index (κ3) is 3.78. The molecule has 0 radical (unpaired) electrons. The summed E-state index contributed by atoms with van der Waals surface area (Å²) in [5.74, 6) is 0.541. The molecule has 1 fully saturated rings. The quantitative estimate of drug-likeness (QED) is 0.442. The van der Waals surface area contributed by atoms with Crippen molar-refractivity contribution in [2.24, 2.45) is 0 Å². The fraction of sp³-hybridized carbons (Fsp3) is 0.667. The molecule has 2 aliphatic heterocycles. The zero-order valence-electron chi connectivity index (χ0n) is 17.1. The lowest BCUT2D eigenvalue weighted by atomic mass is 9.81. The predicted molar refractivity (Wildman–Crippen MR) is 108 cm³/mol. The molecule has 1 N–H and O–H groups in total. The van der Waals surface area contributed by atoms with Crippen LogP contribution in [0.4, 0.5) is 10.5 Å². The molecule has 150 valence electrons. The van der Waals surface area contributed by atoms with Crippen LogP contribution in [0.3, 0.4) is 0 Å². The maximum absolute atomic E-state index is 12.9. The number of likely N-dealkylation sites (tertiary alicyclic amines) is 1. The van der Waals surface area contributed by atoms with Gasteiger partial charge in [-0.1, -0.05) is 32.6 Å². The first kappa shape index (κ1) is 20.0. The number of anilines is 1. The van der Waals surface area contributed by atoms with Crippen molar-refractivity contribution in [3.05, 3.63) is 29.0 Å². The molecule has 1 amide bonds. The normalized spacial score (nSPS) is 28.8. The molecule has 6 nitrogen and oxygen atoms in total. The van der Waals surface area contributed by atoms with E-state index in [-0.39, 0.29) is 16.2 Å². The molecule has 2 heterocycles. The van der Waals surface area contributed by atoms with Gasteiger partial charge in [-0.3, -0.25) is 0 Å². The molecule has 0 aliphatic carbocycles. The van der Waals surface area contributed by atoms with Gasteiger partial charge in [-0.2, -0.15) is 0 Å². The molecule has 0 bridgehead atoms. The number of carbonyl (C=O) groups excluding carboxylic acids is 1. The van der Waals surface area contributed by atoms with Crippen molar-refractivity contribution in [3.8, 4) is 5.75 Å². The number of unbranched alkanes of at least 4 members (excludes halogenated alkanes) is 4. The Kier molecular flexibility index (Phi) is 5.68. The third-order valence-corrected chi connectivity index (χ3v) is 6.25. The second-order valence-corrected chi connectivity index (χ2v) is 8.46. The van der Waals surface area contributed by atoms with Crippen molar-refractivity contribution in [1.82, 2.24) is 5.32 Å². The van der Waals surface area contributed by atoms with Crippen molar-refractivity contribution < 1.29 is 14.2 Å². The second-order valence-electron chi connectivity index (χ2n) is 8.46. The fourth-order valence-electron chi connectivity index (χ4n) is 4.91. The highest BCUT2D eigenvalue weighted by atomic mass is 16.6. The van der Waals surface area contributed by atoms with Gasteiger partial charge >= 0.3 is 6.09 Å². The third-order valence-electron chi connectivity index (χ3n) is 6.25. The smallest absolute Gasteiger partial charge is 0.412 e. The topological polar surface area (TPSA) is 64.6 Å². The van der Waals surface area contributed by atoms with Crippen LogP contribution in [0.15, 0.2) is 18.2 Å². The van der Waals surface area contributed by atoms with Crippen molar-refractivity contribution in [2.45, 2.75) is 64.0 Å². The number of hydrogen-bond acceptors (Lipinski definition) is 4. The van der Waals surface area contributed by atoms with Crippen LogP contribution in [-0.4, -0.2) is 44.1 Å². The van der Waals surface area contributed by atoms with Crippen LogP contribution in [0.1, 0.15) is 57.9 Å². The molecule has 1 aromatic rings. The minimum absolute atomic E-state index is 0.125. The van der Waals surface area contributed by atoms with E-state index in [1.165, 1.54) is 19.3 Å². The number of nitrogens with zero attached hydrogens (tertiary/aromatic N) is 2. The van der Waals surface area contributed by atoms with Gasteiger partial charge in [0.25, 0.3) is 0 Å². The largest absolute Gasteiger partial charge is 0.631 e. The molecule has 0 spiro atoms. The van der Waals surface area contributed by atoms with Gasteiger partial charge in [0.2, 0.25) is 0 Å². The molecule has 3 atom stereocenters. The fourth-order valence-corrected chi connectivity index (χ4v) is 4.91. The van der Waals surface area contributed by atoms with Crippen LogP contribution in [-0.2, 0) is 5.41 Å². The van der Waals surface area contributed by atoms with Crippen LogP contribution < -0.4 is 15.0 Å². The summed E-state index contributed by atoms with van der Waals surface area (Å²) in [5, 5.41) is 15.7. The number of carbonyl (C=O) groups is 1. The first-order valence-electron chi connectivity index (χ1n) is 10.2. The Morgan fingerprint density at radius 3 is 2.85 bits per heavy atom. The number of nitrogens with one attached hydrogen (secondary N) is 1. The Labute approximate surface area is 162 Å². The van der Waals surface area contributed by atoms with E-state index < -0.39 is 6.09 Å². The number of benzene rings is 1. The van der Waals surface area contributed by atoms with Gasteiger partial charge < -0.3 is 24.8 Å². The highest BCUT2D eigenvalue weighted by Gasteiger charge is 2.58. The van der Waals surface area contributed by atoms with Crippen molar-refractivity contribution in [1.29, 1.82) is 0 Å². The van der Waals surface area contributed by atoms with Gasteiger partial charge in [-0.05, 0) is 37.1 Å². The van der Waals surface area contributed by atoms with E-state index in [0.29, 0.717) is 18.8 Å². The second kappa shape index (κ2) is 7.68. The van der Waals surface area contributed by atoms with E-state index in [4.69, 9.17) is 4.74 Å². The molecule has 1 aromatic carbocycles. The van der Waals surface area contributed by atoms with E-state index in [2.05, 4.69) is 24.1 Å². The van der Waals surface area contributed by atoms with E-state index >= 15 is 0 Å². The number of likely N-dealkylation sites (N-methyl/N-ethyl adjacent to an activating group) is 2. The lowest BCUT2D eigenvalue weighted by Gasteiger charge is -2.44. The number of fused-ring (bicyclic) bond motifs is 3. The Bertz CT molecular complexity index is 691. The highest BCUT2D eigenvalue weighted by Crippen LogP contribution is 2.53. The van der Waals surface area contributed by atoms with Crippen molar-refractivity contribution in [3.63, 3.8) is 0 Å². The van der Waals surface area contributed by atoms with Crippen LogP contribution in [0.25, 0.3) is 0 Å². The molecule has 0 saturated carbocycles. The predicted octanol–water partition coefficient (Wildman–Crippen LogP) is 4.13. The van der Waals surface area contributed by atoms with E-state index in [1.54, 1.807) is 7.05 Å². The van der Waals surface area contributed by atoms with Gasteiger partial charge in [0.1, 0.15) is 5.75 Å². The number of hydrogen-bond donors (Lipinski definition) is 1. The molecular weight excluding hydrogens is 342 g/mol. The number of ether oxygens (including phenoxy) is 1. The average Bonchev–Trinajstić information content (AvgIpc) is 3.00. The Morgan fingerprint density at radius 1 is 1.37 bits per heavy atom. The summed E-state index contributed by atoms with van der Waals surface area (Å²) in [6.07, 6.45) is 6.08. The Balaban J connectivity index is 1.62. The van der Waals surface area contributed by atoms with Crippen LogP contribution in [0, 0.1) is 5.21 Å². The Morgan fingerprint density at radius 2 is 2.11 bits per heavy atom. The Hall–Kier alpha value is -1.79. The lowest BCUT2D eigenvalue weighted by Crippen LogP contribution is -2.54. The highest BCUT2D eigenvalue weighted by molar-refractivity contribution is 5.72. The van der Waals surface area contributed by atoms with Crippen LogP contribution in [0.5, 0.6) is 5.75 Å². The SMILES string of the molecule is CCCCCCCNC(=O)Oc1ccc2c(c1)[C@]1(C)CC[N+](C)([O-])[C@@H]1N2C. The molecule has 1 unspecified atom stereocenters. The molecule has 27 heavy (non-hydrogen) atoms.